The molecule has 0 bridgehead atoms. The predicted molar refractivity (Wildman–Crippen MR) is 100 cm³/mol. The van der Waals surface area contributed by atoms with Crippen LogP contribution < -0.4 is 5.56 Å². The molecule has 0 aliphatic carbocycles. The van der Waals surface area contributed by atoms with Gasteiger partial charge in [-0.3, -0.25) is 14.2 Å². The number of rotatable bonds is 3. The number of nitrogens with zero attached hydrogens (tertiary/aromatic N) is 4. The molecule has 1 aromatic rings. The predicted octanol–water partition coefficient (Wildman–Crippen LogP) is 1.74. The van der Waals surface area contributed by atoms with Crippen LogP contribution in [-0.4, -0.2) is 63.7 Å². The van der Waals surface area contributed by atoms with Gasteiger partial charge in [-0.15, -0.1) is 0 Å². The molecule has 0 spiro atoms. The monoisotopic (exact) mass is 364 g/mol. The zero-order valence-corrected chi connectivity index (χ0v) is 16.4. The number of aromatic nitrogens is 2. The Kier molecular flexibility index (Phi) is 5.25. The van der Waals surface area contributed by atoms with E-state index in [1.807, 2.05) is 4.90 Å². The van der Waals surface area contributed by atoms with Gasteiger partial charge in [0, 0.05) is 49.8 Å². The number of carbonyl (C=O) groups excluding carboxylic acids is 1. The molecular formula is C18H28N4O2S. The molecule has 1 aromatic heterocycles. The molecule has 3 heterocycles. The van der Waals surface area contributed by atoms with Crippen molar-refractivity contribution >= 4 is 17.7 Å². The summed E-state index contributed by atoms with van der Waals surface area (Å²) in [6.45, 7) is 12.8. The molecule has 25 heavy (non-hydrogen) atoms. The van der Waals surface area contributed by atoms with Gasteiger partial charge >= 0.3 is 0 Å². The maximum atomic E-state index is 12.7. The summed E-state index contributed by atoms with van der Waals surface area (Å²) >= 11 is 1.59. The van der Waals surface area contributed by atoms with Gasteiger partial charge in [-0.05, 0) is 6.54 Å². The van der Waals surface area contributed by atoms with E-state index >= 15 is 0 Å². The topological polar surface area (TPSA) is 58.4 Å². The first-order valence-corrected chi connectivity index (χ1v) is 10.0. The fourth-order valence-corrected chi connectivity index (χ4v) is 4.48. The molecule has 0 radical (unpaired) electrons. The smallest absolute Gasteiger partial charge is 0.254 e. The standard InChI is InChI=1S/C18H28N4O2S/c1-5-20-6-8-21(9-7-20)15(23)10-13-12-25-17-19-14(18(2,3)4)11-16(24)22(13)17/h11,13H,5-10,12H2,1-4H3. The van der Waals surface area contributed by atoms with Crippen LogP contribution in [-0.2, 0) is 10.2 Å². The van der Waals surface area contributed by atoms with Gasteiger partial charge in [-0.25, -0.2) is 4.98 Å². The van der Waals surface area contributed by atoms with Gasteiger partial charge in [-0.2, -0.15) is 0 Å². The van der Waals surface area contributed by atoms with E-state index in [1.54, 1.807) is 22.4 Å². The first kappa shape index (κ1) is 18.5. The van der Waals surface area contributed by atoms with Gasteiger partial charge in [-0.1, -0.05) is 39.5 Å². The number of amides is 1. The highest BCUT2D eigenvalue weighted by Gasteiger charge is 2.31. The summed E-state index contributed by atoms with van der Waals surface area (Å²) in [7, 11) is 0. The molecule has 1 saturated heterocycles. The zero-order chi connectivity index (χ0) is 18.2. The molecule has 1 fully saturated rings. The normalized spacial score (nSPS) is 21.4. The van der Waals surface area contributed by atoms with Crippen LogP contribution in [0.2, 0.25) is 0 Å². The maximum Gasteiger partial charge on any atom is 0.254 e. The van der Waals surface area contributed by atoms with Gasteiger partial charge < -0.3 is 9.80 Å². The van der Waals surface area contributed by atoms with E-state index < -0.39 is 0 Å². The second kappa shape index (κ2) is 7.11. The Balaban J connectivity index is 1.71. The average Bonchev–Trinajstić information content (AvgIpc) is 2.97. The highest BCUT2D eigenvalue weighted by molar-refractivity contribution is 7.99. The summed E-state index contributed by atoms with van der Waals surface area (Å²) < 4.78 is 1.72. The molecule has 1 unspecified atom stereocenters. The first-order chi connectivity index (χ1) is 11.8. The van der Waals surface area contributed by atoms with Crippen LogP contribution in [0.1, 0.15) is 45.9 Å². The first-order valence-electron chi connectivity index (χ1n) is 9.06. The molecule has 6 nitrogen and oxygen atoms in total. The van der Waals surface area contributed by atoms with Crippen molar-refractivity contribution in [2.75, 3.05) is 38.5 Å². The van der Waals surface area contributed by atoms with Gasteiger partial charge in [0.1, 0.15) is 0 Å². The van der Waals surface area contributed by atoms with Crippen LogP contribution in [0, 0.1) is 0 Å². The molecule has 2 aliphatic heterocycles. The van der Waals surface area contributed by atoms with E-state index in [2.05, 4.69) is 37.6 Å². The van der Waals surface area contributed by atoms with Crippen molar-refractivity contribution in [3.05, 3.63) is 22.1 Å². The highest BCUT2D eigenvalue weighted by atomic mass is 32.2. The number of carbonyl (C=O) groups is 1. The molecule has 0 aromatic carbocycles. The lowest BCUT2D eigenvalue weighted by atomic mass is 9.92. The Morgan fingerprint density at radius 1 is 1.28 bits per heavy atom. The summed E-state index contributed by atoms with van der Waals surface area (Å²) in [5, 5.41) is 0.756. The molecular weight excluding hydrogens is 336 g/mol. The van der Waals surface area contributed by atoms with Crippen LogP contribution in [0.4, 0.5) is 0 Å². The number of piperazine rings is 1. The van der Waals surface area contributed by atoms with Gasteiger partial charge in [0.2, 0.25) is 5.91 Å². The second-order valence-electron chi connectivity index (χ2n) is 7.87. The average molecular weight is 365 g/mol. The molecule has 3 rings (SSSR count). The van der Waals surface area contributed by atoms with Gasteiger partial charge in [0.15, 0.2) is 5.16 Å². The number of hydrogen-bond acceptors (Lipinski definition) is 5. The summed E-state index contributed by atoms with van der Waals surface area (Å²) in [6.07, 6.45) is 0.391. The Bertz CT molecular complexity index is 702. The van der Waals surface area contributed by atoms with Crippen LogP contribution in [0.25, 0.3) is 0 Å². The summed E-state index contributed by atoms with van der Waals surface area (Å²) in [4.78, 5) is 34.2. The molecule has 7 heteroatoms. The van der Waals surface area contributed by atoms with E-state index in [-0.39, 0.29) is 22.9 Å². The van der Waals surface area contributed by atoms with Crippen LogP contribution >= 0.6 is 11.8 Å². The fraction of sp³-hybridized carbons (Fsp3) is 0.722. The Morgan fingerprint density at radius 2 is 1.96 bits per heavy atom. The minimum absolute atomic E-state index is 0.0338. The number of fused-ring (bicyclic) bond motifs is 1. The lowest BCUT2D eigenvalue weighted by Crippen LogP contribution is -2.49. The molecule has 0 N–H and O–H groups in total. The zero-order valence-electron chi connectivity index (χ0n) is 15.6. The van der Waals surface area contributed by atoms with Crippen LogP contribution in [0.3, 0.4) is 0 Å². The lowest BCUT2D eigenvalue weighted by molar-refractivity contribution is -0.133. The molecule has 138 valence electrons. The Hall–Kier alpha value is -1.34. The number of likely N-dealkylation sites (N-methyl/N-ethyl adjacent to an activating group) is 1. The summed E-state index contributed by atoms with van der Waals surface area (Å²) in [5.41, 5.74) is 0.634. The van der Waals surface area contributed by atoms with Crippen molar-refractivity contribution in [2.24, 2.45) is 0 Å². The molecule has 1 amide bonds. The quantitative estimate of drug-likeness (QED) is 0.765. The summed E-state index contributed by atoms with van der Waals surface area (Å²) in [5.74, 6) is 0.900. The minimum Gasteiger partial charge on any atom is -0.340 e. The maximum absolute atomic E-state index is 12.7. The molecule has 1 atom stereocenters. The Morgan fingerprint density at radius 3 is 2.56 bits per heavy atom. The van der Waals surface area contributed by atoms with Crippen molar-refractivity contribution in [3.8, 4) is 0 Å². The third-order valence-electron chi connectivity index (χ3n) is 5.04. The van der Waals surface area contributed by atoms with E-state index in [0.29, 0.717) is 6.42 Å². The van der Waals surface area contributed by atoms with Crippen molar-refractivity contribution in [3.63, 3.8) is 0 Å². The van der Waals surface area contributed by atoms with Crippen molar-refractivity contribution < 1.29 is 4.79 Å². The van der Waals surface area contributed by atoms with Gasteiger partial charge in [0.05, 0.1) is 11.7 Å². The van der Waals surface area contributed by atoms with Crippen molar-refractivity contribution in [2.45, 2.75) is 50.7 Å². The largest absolute Gasteiger partial charge is 0.340 e. The van der Waals surface area contributed by atoms with Crippen molar-refractivity contribution in [1.29, 1.82) is 0 Å². The third kappa shape index (κ3) is 3.92. The number of hydrogen-bond donors (Lipinski definition) is 0. The molecule has 0 saturated carbocycles. The van der Waals surface area contributed by atoms with Crippen LogP contribution in [0.5, 0.6) is 0 Å². The lowest BCUT2D eigenvalue weighted by Gasteiger charge is -2.34. The fourth-order valence-electron chi connectivity index (χ4n) is 3.33. The van der Waals surface area contributed by atoms with Crippen LogP contribution in [0.15, 0.2) is 16.0 Å². The van der Waals surface area contributed by atoms with Gasteiger partial charge in [0.25, 0.3) is 5.56 Å². The minimum atomic E-state index is -0.151. The second-order valence-corrected chi connectivity index (χ2v) is 8.85. The van der Waals surface area contributed by atoms with E-state index in [4.69, 9.17) is 0 Å². The van der Waals surface area contributed by atoms with Crippen molar-refractivity contribution in [1.82, 2.24) is 19.4 Å². The SMILES string of the molecule is CCN1CCN(C(=O)CC2CSc3nc(C(C)(C)C)cc(=O)n32)CC1. The van der Waals surface area contributed by atoms with E-state index in [9.17, 15) is 9.59 Å². The number of thioether (sulfide) groups is 1. The van der Waals surface area contributed by atoms with E-state index in [1.165, 1.54) is 0 Å². The molecule has 2 aliphatic rings. The Labute approximate surface area is 153 Å². The van der Waals surface area contributed by atoms with E-state index in [0.717, 1.165) is 49.3 Å². The highest BCUT2D eigenvalue weighted by Crippen LogP contribution is 2.33. The summed E-state index contributed by atoms with van der Waals surface area (Å²) in [6, 6.07) is 1.55. The third-order valence-corrected chi connectivity index (χ3v) is 6.14.